The zero-order valence-electron chi connectivity index (χ0n) is 7.70. The lowest BCUT2D eigenvalue weighted by Gasteiger charge is -2.16. The van der Waals surface area contributed by atoms with Crippen LogP contribution >= 0.6 is 0 Å². The van der Waals surface area contributed by atoms with Crippen molar-refractivity contribution < 1.29 is 14.7 Å². The standard InChI is InChI=1S/C9H15O3/c1-4-8(11)7(3)9(12)6(2)5-10/h6-8,11H,4H2,1-3H3/t6-,7-,8+/m0/s1. The molecule has 0 spiro atoms. The number of Topliss-reactive ketones (excluding diaryl/α,β-unsaturated/α-hetero) is 1. The van der Waals surface area contributed by atoms with E-state index >= 15 is 0 Å². The normalized spacial score (nSPS) is 18.0. The zero-order chi connectivity index (χ0) is 9.72. The monoisotopic (exact) mass is 171 g/mol. The van der Waals surface area contributed by atoms with E-state index in [-0.39, 0.29) is 5.78 Å². The minimum Gasteiger partial charge on any atom is -0.392 e. The number of carbonyl (C=O) groups is 1. The molecule has 69 valence electrons. The van der Waals surface area contributed by atoms with Crippen LogP contribution in [-0.4, -0.2) is 23.3 Å². The molecule has 0 bridgehead atoms. The molecule has 0 rings (SSSR count). The van der Waals surface area contributed by atoms with Gasteiger partial charge >= 0.3 is 0 Å². The molecule has 1 N–H and O–H groups in total. The van der Waals surface area contributed by atoms with Crippen molar-refractivity contribution >= 4 is 12.1 Å². The molecule has 0 heterocycles. The molecule has 0 aromatic carbocycles. The molecule has 0 saturated carbocycles. The summed E-state index contributed by atoms with van der Waals surface area (Å²) in [6.45, 7) is 4.92. The Bertz CT molecular complexity index is 165. The van der Waals surface area contributed by atoms with Gasteiger partial charge in [0.2, 0.25) is 6.29 Å². The van der Waals surface area contributed by atoms with Crippen molar-refractivity contribution in [2.45, 2.75) is 33.3 Å². The van der Waals surface area contributed by atoms with Crippen molar-refractivity contribution in [3.63, 3.8) is 0 Å². The van der Waals surface area contributed by atoms with E-state index in [1.165, 1.54) is 6.92 Å². The Labute approximate surface area is 72.8 Å². The molecular weight excluding hydrogens is 156 g/mol. The number of rotatable bonds is 5. The summed E-state index contributed by atoms with van der Waals surface area (Å²) in [6.07, 6.45) is 1.50. The molecule has 0 aliphatic rings. The number of carbonyl (C=O) groups excluding carboxylic acids is 2. The molecule has 0 unspecified atom stereocenters. The van der Waals surface area contributed by atoms with Gasteiger partial charge in [-0.25, -0.2) is 0 Å². The van der Waals surface area contributed by atoms with Gasteiger partial charge in [0.1, 0.15) is 5.78 Å². The van der Waals surface area contributed by atoms with Gasteiger partial charge in [0.15, 0.2) is 0 Å². The smallest absolute Gasteiger partial charge is 0.209 e. The highest BCUT2D eigenvalue weighted by molar-refractivity contribution is 5.94. The number of hydrogen-bond donors (Lipinski definition) is 1. The van der Waals surface area contributed by atoms with Gasteiger partial charge in [0.05, 0.1) is 12.0 Å². The highest BCUT2D eigenvalue weighted by Crippen LogP contribution is 2.12. The van der Waals surface area contributed by atoms with E-state index in [0.717, 1.165) is 0 Å². The van der Waals surface area contributed by atoms with Crippen molar-refractivity contribution in [1.29, 1.82) is 0 Å². The van der Waals surface area contributed by atoms with Gasteiger partial charge in [-0.3, -0.25) is 9.59 Å². The molecule has 12 heavy (non-hydrogen) atoms. The van der Waals surface area contributed by atoms with Gasteiger partial charge in [-0.05, 0) is 13.3 Å². The van der Waals surface area contributed by atoms with E-state index in [4.69, 9.17) is 0 Å². The first kappa shape index (κ1) is 11.3. The Hall–Kier alpha value is -0.700. The molecule has 3 heteroatoms. The third-order valence-electron chi connectivity index (χ3n) is 2.05. The van der Waals surface area contributed by atoms with E-state index in [0.29, 0.717) is 6.42 Å². The molecule has 3 nitrogen and oxygen atoms in total. The summed E-state index contributed by atoms with van der Waals surface area (Å²) < 4.78 is 0. The second kappa shape index (κ2) is 5.04. The molecule has 0 aliphatic carbocycles. The van der Waals surface area contributed by atoms with Crippen LogP contribution in [0.3, 0.4) is 0 Å². The SMILES string of the molecule is CC[C@@H](O)[C@H](C)C(=O)[C@@H](C)[C]=O. The third-order valence-corrected chi connectivity index (χ3v) is 2.05. The van der Waals surface area contributed by atoms with Gasteiger partial charge in [-0.1, -0.05) is 13.8 Å². The molecule has 0 aromatic rings. The molecular formula is C9H15O3. The van der Waals surface area contributed by atoms with Crippen LogP contribution in [0, 0.1) is 11.8 Å². The Morgan fingerprint density at radius 3 is 2.33 bits per heavy atom. The summed E-state index contributed by atoms with van der Waals surface area (Å²) in [7, 11) is 0. The maximum Gasteiger partial charge on any atom is 0.209 e. The molecule has 3 atom stereocenters. The van der Waals surface area contributed by atoms with Crippen LogP contribution in [0.5, 0.6) is 0 Å². The van der Waals surface area contributed by atoms with E-state index in [1.807, 2.05) is 0 Å². The summed E-state index contributed by atoms with van der Waals surface area (Å²) in [5, 5.41) is 9.29. The second-order valence-electron chi connectivity index (χ2n) is 3.01. The van der Waals surface area contributed by atoms with Crippen LogP contribution in [0.25, 0.3) is 0 Å². The number of aliphatic hydroxyl groups excluding tert-OH is 1. The van der Waals surface area contributed by atoms with Crippen molar-refractivity contribution in [3.8, 4) is 0 Å². The second-order valence-corrected chi connectivity index (χ2v) is 3.01. The van der Waals surface area contributed by atoms with Crippen molar-refractivity contribution in [2.75, 3.05) is 0 Å². The first-order chi connectivity index (χ1) is 5.54. The lowest BCUT2D eigenvalue weighted by Crippen LogP contribution is -2.29. The third kappa shape index (κ3) is 2.74. The van der Waals surface area contributed by atoms with Crippen LogP contribution in [0.15, 0.2) is 0 Å². The summed E-state index contributed by atoms with van der Waals surface area (Å²) in [6, 6.07) is 0. The van der Waals surface area contributed by atoms with Crippen LogP contribution in [0.1, 0.15) is 27.2 Å². The largest absolute Gasteiger partial charge is 0.392 e. The van der Waals surface area contributed by atoms with Crippen molar-refractivity contribution in [2.24, 2.45) is 11.8 Å². The Kier molecular flexibility index (Phi) is 4.74. The van der Waals surface area contributed by atoms with Crippen LogP contribution < -0.4 is 0 Å². The number of ketones is 1. The van der Waals surface area contributed by atoms with Crippen LogP contribution in [-0.2, 0) is 9.59 Å². The van der Waals surface area contributed by atoms with Crippen LogP contribution in [0.2, 0.25) is 0 Å². The number of hydrogen-bond acceptors (Lipinski definition) is 3. The fraction of sp³-hybridized carbons (Fsp3) is 0.778. The zero-order valence-corrected chi connectivity index (χ0v) is 7.70. The topological polar surface area (TPSA) is 54.4 Å². The van der Waals surface area contributed by atoms with E-state index in [2.05, 4.69) is 0 Å². The Morgan fingerprint density at radius 2 is 2.00 bits per heavy atom. The first-order valence-electron chi connectivity index (χ1n) is 4.14. The summed E-state index contributed by atoms with van der Waals surface area (Å²) in [5.74, 6) is -1.42. The Morgan fingerprint density at radius 1 is 1.50 bits per heavy atom. The average molecular weight is 171 g/mol. The summed E-state index contributed by atoms with van der Waals surface area (Å²) in [4.78, 5) is 21.4. The lowest BCUT2D eigenvalue weighted by atomic mass is 9.91. The van der Waals surface area contributed by atoms with E-state index < -0.39 is 17.9 Å². The highest BCUT2D eigenvalue weighted by Gasteiger charge is 2.24. The fourth-order valence-electron chi connectivity index (χ4n) is 0.996. The molecule has 0 saturated heterocycles. The van der Waals surface area contributed by atoms with Gasteiger partial charge in [-0.15, -0.1) is 0 Å². The fourth-order valence-corrected chi connectivity index (χ4v) is 0.996. The van der Waals surface area contributed by atoms with Gasteiger partial charge in [0.25, 0.3) is 0 Å². The maximum atomic E-state index is 11.3. The summed E-state index contributed by atoms with van der Waals surface area (Å²) in [5.41, 5.74) is 0. The minimum atomic E-state index is -0.721. The highest BCUT2D eigenvalue weighted by atomic mass is 16.3. The first-order valence-corrected chi connectivity index (χ1v) is 4.14. The Balaban J connectivity index is 4.18. The molecule has 0 amide bonds. The lowest BCUT2D eigenvalue weighted by molar-refractivity contribution is -0.127. The molecule has 0 fully saturated rings. The predicted octanol–water partition coefficient (Wildman–Crippen LogP) is 0.708. The summed E-state index contributed by atoms with van der Waals surface area (Å²) >= 11 is 0. The van der Waals surface area contributed by atoms with E-state index in [9.17, 15) is 14.7 Å². The minimum absolute atomic E-state index is 0.237. The van der Waals surface area contributed by atoms with Crippen molar-refractivity contribution in [1.82, 2.24) is 0 Å². The van der Waals surface area contributed by atoms with Crippen molar-refractivity contribution in [3.05, 3.63) is 0 Å². The number of aliphatic hydroxyl groups is 1. The van der Waals surface area contributed by atoms with Crippen LogP contribution in [0.4, 0.5) is 0 Å². The van der Waals surface area contributed by atoms with Gasteiger partial charge in [0, 0.05) is 5.92 Å². The van der Waals surface area contributed by atoms with Gasteiger partial charge < -0.3 is 5.11 Å². The maximum absolute atomic E-state index is 11.3. The molecule has 0 aromatic heterocycles. The van der Waals surface area contributed by atoms with E-state index in [1.54, 1.807) is 20.1 Å². The average Bonchev–Trinajstić information content (AvgIpc) is 2.12. The molecule has 1 radical (unpaired) electrons. The quantitative estimate of drug-likeness (QED) is 0.620. The predicted molar refractivity (Wildman–Crippen MR) is 45.3 cm³/mol. The molecule has 0 aliphatic heterocycles. The van der Waals surface area contributed by atoms with Gasteiger partial charge in [-0.2, -0.15) is 0 Å².